The lowest BCUT2D eigenvalue weighted by Crippen LogP contribution is -2.18. The first-order valence-electron chi connectivity index (χ1n) is 9.89. The molecule has 0 radical (unpaired) electrons. The number of nitrogens with zero attached hydrogens (tertiary/aromatic N) is 1. The topological polar surface area (TPSA) is 89.5 Å². The predicted octanol–water partition coefficient (Wildman–Crippen LogP) is 4.91. The fourth-order valence-corrected chi connectivity index (χ4v) is 2.85. The standard InChI is InChI=1S/C24H20F3N3O4/c1-28-23(32)21-14-19(8-9-29-21)34-18-5-3-4-15(10-18)6-7-22(31)30-17-11-16(24(25,26)27)12-20(13-17)33-2/h3-14H,1-2H3,(H,28,32)(H,30,31)/b7-6+. The lowest BCUT2D eigenvalue weighted by Gasteiger charge is -2.12. The number of alkyl halides is 3. The van der Waals surface area contributed by atoms with Gasteiger partial charge >= 0.3 is 6.18 Å². The van der Waals surface area contributed by atoms with Gasteiger partial charge in [0.2, 0.25) is 5.91 Å². The molecule has 176 valence electrons. The van der Waals surface area contributed by atoms with Crippen LogP contribution in [0.25, 0.3) is 6.08 Å². The second-order valence-electron chi connectivity index (χ2n) is 6.90. The maximum atomic E-state index is 13.0. The molecule has 2 N–H and O–H groups in total. The lowest BCUT2D eigenvalue weighted by molar-refractivity contribution is -0.137. The summed E-state index contributed by atoms with van der Waals surface area (Å²) in [7, 11) is 2.73. The van der Waals surface area contributed by atoms with Crippen molar-refractivity contribution in [3.05, 3.63) is 83.7 Å². The number of hydrogen-bond acceptors (Lipinski definition) is 5. The van der Waals surface area contributed by atoms with Gasteiger partial charge in [-0.15, -0.1) is 0 Å². The van der Waals surface area contributed by atoms with E-state index in [2.05, 4.69) is 15.6 Å². The van der Waals surface area contributed by atoms with Crippen LogP contribution in [0.3, 0.4) is 0 Å². The minimum atomic E-state index is -4.58. The monoisotopic (exact) mass is 471 g/mol. The van der Waals surface area contributed by atoms with Crippen molar-refractivity contribution in [1.82, 2.24) is 10.3 Å². The third-order valence-electron chi connectivity index (χ3n) is 4.45. The zero-order valence-corrected chi connectivity index (χ0v) is 18.1. The fourth-order valence-electron chi connectivity index (χ4n) is 2.85. The summed E-state index contributed by atoms with van der Waals surface area (Å²) in [5.41, 5.74) is -0.191. The Hall–Kier alpha value is -4.34. The number of hydrogen-bond donors (Lipinski definition) is 2. The number of aromatic nitrogens is 1. The highest BCUT2D eigenvalue weighted by Gasteiger charge is 2.31. The molecule has 7 nitrogen and oxygen atoms in total. The summed E-state index contributed by atoms with van der Waals surface area (Å²) < 4.78 is 49.8. The van der Waals surface area contributed by atoms with Crippen LogP contribution >= 0.6 is 0 Å². The Morgan fingerprint density at radius 2 is 1.76 bits per heavy atom. The maximum absolute atomic E-state index is 13.0. The molecule has 0 atom stereocenters. The van der Waals surface area contributed by atoms with Gasteiger partial charge in [-0.05, 0) is 42.0 Å². The lowest BCUT2D eigenvalue weighted by atomic mass is 10.1. The number of nitrogens with one attached hydrogen (secondary N) is 2. The molecule has 3 aromatic rings. The molecule has 3 rings (SSSR count). The Kier molecular flexibility index (Phi) is 7.52. The average Bonchev–Trinajstić information content (AvgIpc) is 2.82. The quantitative estimate of drug-likeness (QED) is 0.478. The Labute approximate surface area is 193 Å². The van der Waals surface area contributed by atoms with Gasteiger partial charge in [-0.1, -0.05) is 12.1 Å². The number of halogens is 3. The first kappa shape index (κ1) is 24.3. The molecule has 0 bridgehead atoms. The van der Waals surface area contributed by atoms with Crippen LogP contribution in [0.1, 0.15) is 21.6 Å². The van der Waals surface area contributed by atoms with E-state index in [9.17, 15) is 22.8 Å². The van der Waals surface area contributed by atoms with Crippen molar-refractivity contribution in [3.8, 4) is 17.2 Å². The van der Waals surface area contributed by atoms with Crippen molar-refractivity contribution in [3.63, 3.8) is 0 Å². The number of rotatable bonds is 7. The van der Waals surface area contributed by atoms with Gasteiger partial charge in [-0.25, -0.2) is 0 Å². The Bertz CT molecular complexity index is 1230. The number of ether oxygens (including phenoxy) is 2. The van der Waals surface area contributed by atoms with Crippen molar-refractivity contribution in [2.45, 2.75) is 6.18 Å². The number of benzene rings is 2. The highest BCUT2D eigenvalue weighted by atomic mass is 19.4. The molecule has 0 fully saturated rings. The van der Waals surface area contributed by atoms with Crippen molar-refractivity contribution < 1.29 is 32.2 Å². The van der Waals surface area contributed by atoms with Crippen LogP contribution in [-0.2, 0) is 11.0 Å². The van der Waals surface area contributed by atoms with Crippen molar-refractivity contribution in [1.29, 1.82) is 0 Å². The molecular formula is C24H20F3N3O4. The summed E-state index contributed by atoms with van der Waals surface area (Å²) in [6.45, 7) is 0. The first-order chi connectivity index (χ1) is 16.2. The molecule has 1 aromatic heterocycles. The van der Waals surface area contributed by atoms with E-state index in [1.54, 1.807) is 30.3 Å². The van der Waals surface area contributed by atoms with E-state index in [4.69, 9.17) is 9.47 Å². The van der Waals surface area contributed by atoms with Gasteiger partial charge in [0.25, 0.3) is 5.91 Å². The van der Waals surface area contributed by atoms with E-state index in [-0.39, 0.29) is 23.0 Å². The summed E-state index contributed by atoms with van der Waals surface area (Å²) >= 11 is 0. The third-order valence-corrected chi connectivity index (χ3v) is 4.45. The third kappa shape index (κ3) is 6.58. The Morgan fingerprint density at radius 3 is 2.47 bits per heavy atom. The van der Waals surface area contributed by atoms with Crippen LogP contribution in [0.15, 0.2) is 66.9 Å². The normalized spacial score (nSPS) is 11.2. The van der Waals surface area contributed by atoms with Crippen LogP contribution in [0, 0.1) is 0 Å². The highest BCUT2D eigenvalue weighted by Crippen LogP contribution is 2.34. The SMILES string of the molecule is CNC(=O)c1cc(Oc2cccc(/C=C/C(=O)Nc3cc(OC)cc(C(F)(F)F)c3)c2)ccn1. The molecule has 2 amide bonds. The molecule has 0 saturated heterocycles. The van der Waals surface area contributed by atoms with Gasteiger partial charge in [0.1, 0.15) is 22.9 Å². The zero-order valence-electron chi connectivity index (χ0n) is 18.1. The molecule has 0 aliphatic carbocycles. The van der Waals surface area contributed by atoms with Crippen molar-refractivity contribution in [2.24, 2.45) is 0 Å². The summed E-state index contributed by atoms with van der Waals surface area (Å²) in [6.07, 6.45) is -0.478. The van der Waals surface area contributed by atoms with Crippen LogP contribution in [0.5, 0.6) is 17.2 Å². The minimum Gasteiger partial charge on any atom is -0.497 e. The molecule has 0 unspecified atom stereocenters. The molecule has 0 aliphatic heterocycles. The fraction of sp³-hybridized carbons (Fsp3) is 0.125. The van der Waals surface area contributed by atoms with Crippen molar-refractivity contribution in [2.75, 3.05) is 19.5 Å². The van der Waals surface area contributed by atoms with Gasteiger partial charge in [0, 0.05) is 37.1 Å². The second kappa shape index (κ2) is 10.5. The smallest absolute Gasteiger partial charge is 0.416 e. The van der Waals surface area contributed by atoms with Gasteiger partial charge in [-0.2, -0.15) is 13.2 Å². The van der Waals surface area contributed by atoms with E-state index in [1.165, 1.54) is 44.6 Å². The minimum absolute atomic E-state index is 0.0327. The van der Waals surface area contributed by atoms with Crippen molar-refractivity contribution >= 4 is 23.6 Å². The predicted molar refractivity (Wildman–Crippen MR) is 120 cm³/mol. The molecule has 0 spiro atoms. The number of carbonyl (C=O) groups excluding carboxylic acids is 2. The largest absolute Gasteiger partial charge is 0.497 e. The molecule has 2 aromatic carbocycles. The molecule has 1 heterocycles. The maximum Gasteiger partial charge on any atom is 0.416 e. The van der Waals surface area contributed by atoms with Crippen LogP contribution in [-0.4, -0.2) is 31.0 Å². The summed E-state index contributed by atoms with van der Waals surface area (Å²) in [4.78, 5) is 27.9. The molecule has 0 aliphatic rings. The second-order valence-corrected chi connectivity index (χ2v) is 6.90. The molecule has 0 saturated carbocycles. The summed E-state index contributed by atoms with van der Waals surface area (Å²) in [5, 5.41) is 4.87. The number of methoxy groups -OCH3 is 1. The number of amides is 2. The molecule has 10 heteroatoms. The van der Waals surface area contributed by atoms with E-state index in [0.717, 1.165) is 12.1 Å². The molecular weight excluding hydrogens is 451 g/mol. The Morgan fingerprint density at radius 1 is 1.00 bits per heavy atom. The number of anilines is 1. The van der Waals surface area contributed by atoms with Gasteiger partial charge < -0.3 is 20.1 Å². The molecule has 34 heavy (non-hydrogen) atoms. The number of carbonyl (C=O) groups is 2. The zero-order chi connectivity index (χ0) is 24.7. The van der Waals surface area contributed by atoms with Crippen LogP contribution in [0.4, 0.5) is 18.9 Å². The van der Waals surface area contributed by atoms with Gasteiger partial charge in [0.05, 0.1) is 12.7 Å². The highest BCUT2D eigenvalue weighted by molar-refractivity contribution is 6.02. The first-order valence-corrected chi connectivity index (χ1v) is 9.89. The van der Waals surface area contributed by atoms with E-state index < -0.39 is 17.6 Å². The summed E-state index contributed by atoms with van der Waals surface area (Å²) in [6, 6.07) is 12.8. The number of pyridine rings is 1. The van der Waals surface area contributed by atoms with Crippen LogP contribution in [0.2, 0.25) is 0 Å². The van der Waals surface area contributed by atoms with Gasteiger partial charge in [0.15, 0.2) is 0 Å². The van der Waals surface area contributed by atoms with Crippen LogP contribution < -0.4 is 20.1 Å². The van der Waals surface area contributed by atoms with E-state index in [0.29, 0.717) is 17.1 Å². The van der Waals surface area contributed by atoms with Gasteiger partial charge in [-0.3, -0.25) is 14.6 Å². The Balaban J connectivity index is 1.70. The average molecular weight is 471 g/mol. The summed E-state index contributed by atoms with van der Waals surface area (Å²) in [5.74, 6) is -0.177. The van der Waals surface area contributed by atoms with E-state index >= 15 is 0 Å². The van der Waals surface area contributed by atoms with E-state index in [1.807, 2.05) is 0 Å².